The lowest BCUT2D eigenvalue weighted by molar-refractivity contribution is -0.144. The lowest BCUT2D eigenvalue weighted by Crippen LogP contribution is -2.38. The van der Waals surface area contributed by atoms with Gasteiger partial charge in [0.15, 0.2) is 0 Å². The SMILES string of the molecule is CCOC(=O)C[C@@H]1CCN2CCC[C@H]2C1. The van der Waals surface area contributed by atoms with E-state index in [-0.39, 0.29) is 5.97 Å². The lowest BCUT2D eigenvalue weighted by atomic mass is 9.89. The molecule has 0 aromatic rings. The van der Waals surface area contributed by atoms with Crippen LogP contribution in [0.1, 0.15) is 39.0 Å². The molecule has 0 amide bonds. The molecule has 0 aromatic carbocycles. The molecule has 2 heterocycles. The fraction of sp³-hybridized carbons (Fsp3) is 0.917. The van der Waals surface area contributed by atoms with E-state index in [4.69, 9.17) is 4.74 Å². The lowest BCUT2D eigenvalue weighted by Gasteiger charge is -2.34. The molecule has 15 heavy (non-hydrogen) atoms. The van der Waals surface area contributed by atoms with Gasteiger partial charge in [-0.15, -0.1) is 0 Å². The van der Waals surface area contributed by atoms with Crippen molar-refractivity contribution < 1.29 is 9.53 Å². The van der Waals surface area contributed by atoms with Crippen molar-refractivity contribution in [3.05, 3.63) is 0 Å². The Labute approximate surface area is 91.8 Å². The number of ether oxygens (including phenoxy) is 1. The van der Waals surface area contributed by atoms with E-state index in [0.29, 0.717) is 18.9 Å². The maximum Gasteiger partial charge on any atom is 0.306 e. The van der Waals surface area contributed by atoms with E-state index in [0.717, 1.165) is 6.04 Å². The molecule has 2 rings (SSSR count). The molecule has 0 bridgehead atoms. The highest BCUT2D eigenvalue weighted by molar-refractivity contribution is 5.69. The number of nitrogens with zero attached hydrogens (tertiary/aromatic N) is 1. The predicted octanol–water partition coefficient (Wildman–Crippen LogP) is 1.81. The summed E-state index contributed by atoms with van der Waals surface area (Å²) < 4.78 is 5.00. The van der Waals surface area contributed by atoms with E-state index in [1.54, 1.807) is 0 Å². The van der Waals surface area contributed by atoms with Crippen LogP contribution in [0.25, 0.3) is 0 Å². The zero-order valence-corrected chi connectivity index (χ0v) is 9.58. The summed E-state index contributed by atoms with van der Waals surface area (Å²) in [6, 6.07) is 0.762. The van der Waals surface area contributed by atoms with E-state index < -0.39 is 0 Å². The number of hydrogen-bond acceptors (Lipinski definition) is 3. The van der Waals surface area contributed by atoms with Gasteiger partial charge in [0.2, 0.25) is 0 Å². The van der Waals surface area contributed by atoms with Crippen molar-refractivity contribution in [2.45, 2.75) is 45.1 Å². The summed E-state index contributed by atoms with van der Waals surface area (Å²) in [4.78, 5) is 14.0. The molecular weight excluding hydrogens is 190 g/mol. The number of piperidine rings is 1. The highest BCUT2D eigenvalue weighted by Crippen LogP contribution is 2.31. The quantitative estimate of drug-likeness (QED) is 0.667. The van der Waals surface area contributed by atoms with Crippen LogP contribution < -0.4 is 0 Å². The molecule has 2 aliphatic rings. The second kappa shape index (κ2) is 4.97. The van der Waals surface area contributed by atoms with Gasteiger partial charge in [0.25, 0.3) is 0 Å². The third kappa shape index (κ3) is 2.71. The number of hydrogen-bond donors (Lipinski definition) is 0. The third-order valence-electron chi connectivity index (χ3n) is 3.69. The Balaban J connectivity index is 1.77. The van der Waals surface area contributed by atoms with Crippen molar-refractivity contribution >= 4 is 5.97 Å². The van der Waals surface area contributed by atoms with Crippen molar-refractivity contribution in [1.29, 1.82) is 0 Å². The van der Waals surface area contributed by atoms with Crippen molar-refractivity contribution in [2.24, 2.45) is 5.92 Å². The van der Waals surface area contributed by atoms with Crippen LogP contribution >= 0.6 is 0 Å². The van der Waals surface area contributed by atoms with Gasteiger partial charge in [-0.05, 0) is 51.6 Å². The van der Waals surface area contributed by atoms with Gasteiger partial charge in [-0.1, -0.05) is 0 Å². The average molecular weight is 211 g/mol. The van der Waals surface area contributed by atoms with Gasteiger partial charge in [-0.2, -0.15) is 0 Å². The third-order valence-corrected chi connectivity index (χ3v) is 3.69. The molecule has 2 aliphatic heterocycles. The molecule has 0 spiro atoms. The average Bonchev–Trinajstić information content (AvgIpc) is 2.65. The molecule has 0 saturated carbocycles. The van der Waals surface area contributed by atoms with Crippen LogP contribution in [-0.4, -0.2) is 36.6 Å². The number of rotatable bonds is 3. The molecule has 0 unspecified atom stereocenters. The van der Waals surface area contributed by atoms with Crippen molar-refractivity contribution in [3.8, 4) is 0 Å². The highest BCUT2D eigenvalue weighted by atomic mass is 16.5. The zero-order chi connectivity index (χ0) is 10.7. The molecule has 0 aliphatic carbocycles. The molecule has 86 valence electrons. The standard InChI is InChI=1S/C12H21NO2/c1-2-15-12(14)9-10-5-7-13-6-3-4-11(13)8-10/h10-11H,2-9H2,1H3/t10-,11+/m1/s1. The molecule has 2 fully saturated rings. The Morgan fingerprint density at radius 1 is 1.40 bits per heavy atom. The van der Waals surface area contributed by atoms with E-state index in [1.165, 1.54) is 38.8 Å². The molecular formula is C12H21NO2. The van der Waals surface area contributed by atoms with Gasteiger partial charge in [0.05, 0.1) is 6.61 Å². The summed E-state index contributed by atoms with van der Waals surface area (Å²) in [5.74, 6) is 0.567. The highest BCUT2D eigenvalue weighted by Gasteiger charge is 2.32. The van der Waals surface area contributed by atoms with Gasteiger partial charge in [-0.3, -0.25) is 4.79 Å². The van der Waals surface area contributed by atoms with Crippen LogP contribution in [0.2, 0.25) is 0 Å². The number of esters is 1. The Kier molecular flexibility index (Phi) is 3.62. The first-order valence-electron chi connectivity index (χ1n) is 6.19. The van der Waals surface area contributed by atoms with Crippen LogP contribution in [0.3, 0.4) is 0 Å². The van der Waals surface area contributed by atoms with Gasteiger partial charge in [0, 0.05) is 12.5 Å². The summed E-state index contributed by atoms with van der Waals surface area (Å²) in [5, 5.41) is 0. The molecule has 2 atom stereocenters. The van der Waals surface area contributed by atoms with Crippen LogP contribution in [0.15, 0.2) is 0 Å². The second-order valence-electron chi connectivity index (χ2n) is 4.73. The molecule has 0 radical (unpaired) electrons. The monoisotopic (exact) mass is 211 g/mol. The van der Waals surface area contributed by atoms with Crippen molar-refractivity contribution in [3.63, 3.8) is 0 Å². The van der Waals surface area contributed by atoms with E-state index in [1.807, 2.05) is 6.92 Å². The van der Waals surface area contributed by atoms with Crippen LogP contribution in [-0.2, 0) is 9.53 Å². The van der Waals surface area contributed by atoms with E-state index >= 15 is 0 Å². The van der Waals surface area contributed by atoms with Crippen LogP contribution in [0.5, 0.6) is 0 Å². The largest absolute Gasteiger partial charge is 0.466 e. The minimum Gasteiger partial charge on any atom is -0.466 e. The minimum absolute atomic E-state index is 0.00560. The van der Waals surface area contributed by atoms with Crippen LogP contribution in [0, 0.1) is 5.92 Å². The van der Waals surface area contributed by atoms with E-state index in [9.17, 15) is 4.79 Å². The van der Waals surface area contributed by atoms with Gasteiger partial charge >= 0.3 is 5.97 Å². The first-order chi connectivity index (χ1) is 7.29. The number of carbonyl (C=O) groups is 1. The van der Waals surface area contributed by atoms with Gasteiger partial charge in [0.1, 0.15) is 0 Å². The summed E-state index contributed by atoms with van der Waals surface area (Å²) in [5.41, 5.74) is 0. The molecule has 0 aromatic heterocycles. The minimum atomic E-state index is -0.00560. The molecule has 3 nitrogen and oxygen atoms in total. The first kappa shape index (κ1) is 10.9. The fourth-order valence-corrected chi connectivity index (χ4v) is 2.95. The fourth-order valence-electron chi connectivity index (χ4n) is 2.95. The Hall–Kier alpha value is -0.570. The summed E-state index contributed by atoms with van der Waals surface area (Å²) >= 11 is 0. The summed E-state index contributed by atoms with van der Waals surface area (Å²) in [7, 11) is 0. The maximum absolute atomic E-state index is 11.4. The summed E-state index contributed by atoms with van der Waals surface area (Å²) in [6.45, 7) is 4.85. The van der Waals surface area contributed by atoms with Crippen molar-refractivity contribution in [1.82, 2.24) is 4.90 Å². The predicted molar refractivity (Wildman–Crippen MR) is 58.6 cm³/mol. The molecule has 3 heteroatoms. The maximum atomic E-state index is 11.4. The Morgan fingerprint density at radius 2 is 2.27 bits per heavy atom. The van der Waals surface area contributed by atoms with Crippen LogP contribution in [0.4, 0.5) is 0 Å². The van der Waals surface area contributed by atoms with Gasteiger partial charge < -0.3 is 9.64 Å². The smallest absolute Gasteiger partial charge is 0.306 e. The van der Waals surface area contributed by atoms with Gasteiger partial charge in [-0.25, -0.2) is 0 Å². The number of fused-ring (bicyclic) bond motifs is 1. The Morgan fingerprint density at radius 3 is 3.07 bits per heavy atom. The number of carbonyl (C=O) groups excluding carboxylic acids is 1. The molecule has 2 saturated heterocycles. The Bertz CT molecular complexity index is 230. The first-order valence-corrected chi connectivity index (χ1v) is 6.19. The molecule has 0 N–H and O–H groups in total. The second-order valence-corrected chi connectivity index (χ2v) is 4.73. The zero-order valence-electron chi connectivity index (χ0n) is 9.58. The normalized spacial score (nSPS) is 31.3. The summed E-state index contributed by atoms with van der Waals surface area (Å²) in [6.07, 6.45) is 5.70. The van der Waals surface area contributed by atoms with Crippen molar-refractivity contribution in [2.75, 3.05) is 19.7 Å². The topological polar surface area (TPSA) is 29.5 Å². The van der Waals surface area contributed by atoms with E-state index in [2.05, 4.69) is 4.90 Å².